The van der Waals surface area contributed by atoms with Crippen molar-refractivity contribution >= 4 is 5.91 Å². The first-order valence-corrected chi connectivity index (χ1v) is 8.14. The molecule has 5 heteroatoms. The number of hydrogen-bond donors (Lipinski definition) is 1. The Labute approximate surface area is 132 Å². The molecule has 0 bridgehead atoms. The molecule has 1 fully saturated rings. The van der Waals surface area contributed by atoms with Crippen molar-refractivity contribution in [3.05, 3.63) is 35.6 Å². The van der Waals surface area contributed by atoms with E-state index in [9.17, 15) is 9.18 Å². The number of likely N-dealkylation sites (N-methyl/N-ethyl adjacent to an activating group) is 1. The molecule has 0 spiro atoms. The molecule has 1 amide bonds. The van der Waals surface area contributed by atoms with Gasteiger partial charge in [0, 0.05) is 51.3 Å². The van der Waals surface area contributed by atoms with Crippen LogP contribution in [0.3, 0.4) is 0 Å². The Morgan fingerprint density at radius 2 is 2.00 bits per heavy atom. The second-order valence-corrected chi connectivity index (χ2v) is 5.61. The summed E-state index contributed by atoms with van der Waals surface area (Å²) in [5.41, 5.74) is 0.687. The minimum Gasteiger partial charge on any atom is -0.341 e. The fraction of sp³-hybridized carbons (Fsp3) is 0.588. The Morgan fingerprint density at radius 1 is 1.32 bits per heavy atom. The van der Waals surface area contributed by atoms with Gasteiger partial charge in [0.1, 0.15) is 5.82 Å². The summed E-state index contributed by atoms with van der Waals surface area (Å²) in [6.45, 7) is 8.59. The monoisotopic (exact) mass is 307 g/mol. The molecule has 0 radical (unpaired) electrons. The number of nitrogens with one attached hydrogen (secondary N) is 1. The van der Waals surface area contributed by atoms with Crippen molar-refractivity contribution in [2.24, 2.45) is 0 Å². The van der Waals surface area contributed by atoms with Gasteiger partial charge in [0.15, 0.2) is 0 Å². The number of piperazine rings is 1. The number of carbonyl (C=O) groups excluding carboxylic acids is 1. The van der Waals surface area contributed by atoms with Crippen LogP contribution in [0.4, 0.5) is 4.39 Å². The molecule has 1 aromatic rings. The number of rotatable bonds is 6. The molecule has 1 saturated heterocycles. The highest BCUT2D eigenvalue weighted by Gasteiger charge is 2.27. The van der Waals surface area contributed by atoms with Crippen LogP contribution in [0.2, 0.25) is 0 Å². The second kappa shape index (κ2) is 8.25. The summed E-state index contributed by atoms with van der Waals surface area (Å²) >= 11 is 0. The molecule has 1 heterocycles. The number of halogens is 1. The molecule has 4 nitrogen and oxygen atoms in total. The Balaban J connectivity index is 2.24. The summed E-state index contributed by atoms with van der Waals surface area (Å²) in [4.78, 5) is 16.2. The lowest BCUT2D eigenvalue weighted by molar-refractivity contribution is -0.131. The van der Waals surface area contributed by atoms with Gasteiger partial charge in [-0.3, -0.25) is 9.69 Å². The fourth-order valence-corrected chi connectivity index (χ4v) is 2.99. The van der Waals surface area contributed by atoms with Crippen LogP contribution in [0.5, 0.6) is 0 Å². The first-order valence-electron chi connectivity index (χ1n) is 8.14. The zero-order valence-electron chi connectivity index (χ0n) is 13.5. The van der Waals surface area contributed by atoms with Crippen molar-refractivity contribution in [2.75, 3.05) is 39.3 Å². The summed E-state index contributed by atoms with van der Waals surface area (Å²) < 4.78 is 14.3. The Morgan fingerprint density at radius 3 is 2.59 bits per heavy atom. The molecule has 1 aromatic carbocycles. The van der Waals surface area contributed by atoms with Crippen molar-refractivity contribution in [2.45, 2.75) is 26.3 Å². The maximum atomic E-state index is 14.3. The van der Waals surface area contributed by atoms with Crippen LogP contribution in [0.15, 0.2) is 24.3 Å². The van der Waals surface area contributed by atoms with Crippen LogP contribution < -0.4 is 5.32 Å². The molecule has 1 aliphatic rings. The molecule has 0 aliphatic carbocycles. The van der Waals surface area contributed by atoms with Gasteiger partial charge < -0.3 is 10.2 Å². The van der Waals surface area contributed by atoms with Crippen molar-refractivity contribution in [1.29, 1.82) is 0 Å². The van der Waals surface area contributed by atoms with E-state index in [0.717, 1.165) is 26.2 Å². The summed E-state index contributed by atoms with van der Waals surface area (Å²) in [5, 5.41) is 3.32. The second-order valence-electron chi connectivity index (χ2n) is 5.61. The number of benzene rings is 1. The third-order valence-corrected chi connectivity index (χ3v) is 4.29. The van der Waals surface area contributed by atoms with Gasteiger partial charge in [-0.1, -0.05) is 25.1 Å². The third kappa shape index (κ3) is 4.05. The summed E-state index contributed by atoms with van der Waals surface area (Å²) in [6.07, 6.45) is 0.486. The van der Waals surface area contributed by atoms with Gasteiger partial charge in [-0.15, -0.1) is 0 Å². The Kier molecular flexibility index (Phi) is 6.34. The largest absolute Gasteiger partial charge is 0.341 e. The SMILES string of the molecule is CCC(=O)N(CC)CC(c1ccccc1F)N1CCNCC1. The van der Waals surface area contributed by atoms with Crippen LogP contribution in [-0.4, -0.2) is 55.0 Å². The Bertz CT molecular complexity index is 489. The molecule has 2 rings (SSSR count). The normalized spacial score (nSPS) is 17.2. The molecular formula is C17H26FN3O. The molecule has 1 N–H and O–H groups in total. The maximum Gasteiger partial charge on any atom is 0.222 e. The molecule has 122 valence electrons. The highest BCUT2D eigenvalue weighted by Crippen LogP contribution is 2.25. The van der Waals surface area contributed by atoms with Gasteiger partial charge in [0.2, 0.25) is 5.91 Å². The lowest BCUT2D eigenvalue weighted by Crippen LogP contribution is -2.49. The minimum atomic E-state index is -0.189. The van der Waals surface area contributed by atoms with E-state index in [0.29, 0.717) is 25.1 Å². The zero-order chi connectivity index (χ0) is 15.9. The van der Waals surface area contributed by atoms with Crippen LogP contribution in [0.1, 0.15) is 31.9 Å². The summed E-state index contributed by atoms with van der Waals surface area (Å²) in [5.74, 6) is -0.0648. The van der Waals surface area contributed by atoms with Crippen molar-refractivity contribution in [3.63, 3.8) is 0 Å². The van der Waals surface area contributed by atoms with E-state index in [2.05, 4.69) is 10.2 Å². The predicted octanol–water partition coefficient (Wildman–Crippen LogP) is 2.03. The minimum absolute atomic E-state index is 0.0845. The fourth-order valence-electron chi connectivity index (χ4n) is 2.99. The summed E-state index contributed by atoms with van der Waals surface area (Å²) in [6, 6.07) is 6.83. The van der Waals surface area contributed by atoms with E-state index in [1.807, 2.05) is 30.9 Å². The lowest BCUT2D eigenvalue weighted by atomic mass is 10.0. The molecule has 0 saturated carbocycles. The van der Waals surface area contributed by atoms with Crippen molar-refractivity contribution in [3.8, 4) is 0 Å². The van der Waals surface area contributed by atoms with Gasteiger partial charge in [-0.05, 0) is 13.0 Å². The number of carbonyl (C=O) groups is 1. The van der Waals surface area contributed by atoms with E-state index in [-0.39, 0.29) is 17.8 Å². The number of amides is 1. The first-order chi connectivity index (χ1) is 10.7. The number of hydrogen-bond acceptors (Lipinski definition) is 3. The maximum absolute atomic E-state index is 14.3. The van der Waals surface area contributed by atoms with E-state index in [1.165, 1.54) is 6.07 Å². The van der Waals surface area contributed by atoms with E-state index >= 15 is 0 Å². The highest BCUT2D eigenvalue weighted by atomic mass is 19.1. The third-order valence-electron chi connectivity index (χ3n) is 4.29. The molecule has 0 aromatic heterocycles. The first kappa shape index (κ1) is 16.9. The summed E-state index contributed by atoms with van der Waals surface area (Å²) in [7, 11) is 0. The van der Waals surface area contributed by atoms with Crippen molar-refractivity contribution in [1.82, 2.24) is 15.1 Å². The van der Waals surface area contributed by atoms with E-state index in [4.69, 9.17) is 0 Å². The van der Waals surface area contributed by atoms with Gasteiger partial charge >= 0.3 is 0 Å². The quantitative estimate of drug-likeness (QED) is 0.873. The van der Waals surface area contributed by atoms with Gasteiger partial charge in [-0.25, -0.2) is 4.39 Å². The molecule has 1 unspecified atom stereocenters. The molecular weight excluding hydrogens is 281 g/mol. The van der Waals surface area contributed by atoms with Crippen molar-refractivity contribution < 1.29 is 9.18 Å². The lowest BCUT2D eigenvalue weighted by Gasteiger charge is -2.38. The van der Waals surface area contributed by atoms with Gasteiger partial charge in [0.25, 0.3) is 0 Å². The average molecular weight is 307 g/mol. The van der Waals surface area contributed by atoms with Crippen LogP contribution in [0, 0.1) is 5.82 Å². The van der Waals surface area contributed by atoms with E-state index < -0.39 is 0 Å². The van der Waals surface area contributed by atoms with Gasteiger partial charge in [0.05, 0.1) is 6.04 Å². The molecule has 22 heavy (non-hydrogen) atoms. The molecule has 1 atom stereocenters. The Hall–Kier alpha value is -1.46. The number of nitrogens with zero attached hydrogens (tertiary/aromatic N) is 2. The van der Waals surface area contributed by atoms with Crippen LogP contribution >= 0.6 is 0 Å². The average Bonchev–Trinajstić information content (AvgIpc) is 2.57. The van der Waals surface area contributed by atoms with E-state index in [1.54, 1.807) is 6.07 Å². The standard InChI is InChI=1S/C17H26FN3O/c1-3-17(22)20(4-2)13-16(21-11-9-19-10-12-21)14-7-5-6-8-15(14)18/h5-8,16,19H,3-4,9-13H2,1-2H3. The van der Waals surface area contributed by atoms with Crippen LogP contribution in [0.25, 0.3) is 0 Å². The topological polar surface area (TPSA) is 35.6 Å². The molecule has 1 aliphatic heterocycles. The highest BCUT2D eigenvalue weighted by molar-refractivity contribution is 5.75. The van der Waals surface area contributed by atoms with Gasteiger partial charge in [-0.2, -0.15) is 0 Å². The predicted molar refractivity (Wildman–Crippen MR) is 86.1 cm³/mol. The van der Waals surface area contributed by atoms with Crippen LogP contribution in [-0.2, 0) is 4.79 Å². The zero-order valence-corrected chi connectivity index (χ0v) is 13.5. The smallest absolute Gasteiger partial charge is 0.222 e.